The third-order valence-corrected chi connectivity index (χ3v) is 3.35. The maximum Gasteiger partial charge on any atom is 0.0412 e. The van der Waals surface area contributed by atoms with Gasteiger partial charge in [0.15, 0.2) is 0 Å². The van der Waals surface area contributed by atoms with Gasteiger partial charge in [-0.2, -0.15) is 0 Å². The molecule has 0 bridgehead atoms. The predicted molar refractivity (Wildman–Crippen MR) is 76.1 cm³/mol. The largest absolute Gasteiger partial charge is 0.103 e. The van der Waals surface area contributed by atoms with Crippen LogP contribution in [0.2, 0.25) is 5.02 Å². The summed E-state index contributed by atoms with van der Waals surface area (Å²) in [4.78, 5) is 0. The highest BCUT2D eigenvalue weighted by Crippen LogP contribution is 2.36. The minimum atomic E-state index is 0.0949. The summed E-state index contributed by atoms with van der Waals surface area (Å²) in [5.41, 5.74) is 2.66. The average molecular weight is 245 g/mol. The first-order chi connectivity index (χ1) is 8.13. The molecule has 1 unspecified atom stereocenters. The van der Waals surface area contributed by atoms with E-state index in [1.54, 1.807) is 0 Å². The molecular formula is C16H17Cl. The van der Waals surface area contributed by atoms with Gasteiger partial charge in [-0.25, -0.2) is 0 Å². The van der Waals surface area contributed by atoms with Crippen LogP contribution in [-0.2, 0) is 0 Å². The van der Waals surface area contributed by atoms with Gasteiger partial charge in [0, 0.05) is 10.4 Å². The molecule has 0 heterocycles. The lowest BCUT2D eigenvalue weighted by Gasteiger charge is -2.26. The van der Waals surface area contributed by atoms with Crippen LogP contribution in [0.15, 0.2) is 55.1 Å². The highest BCUT2D eigenvalue weighted by atomic mass is 35.5. The molecule has 1 aliphatic carbocycles. The van der Waals surface area contributed by atoms with Crippen molar-refractivity contribution < 1.29 is 0 Å². The SMILES string of the molecule is C=CCC1(C)C=CCC(c2cccc(Cl)c2)=C1. The average Bonchev–Trinajstić information content (AvgIpc) is 2.29. The summed E-state index contributed by atoms with van der Waals surface area (Å²) < 4.78 is 0. The molecule has 17 heavy (non-hydrogen) atoms. The van der Waals surface area contributed by atoms with Gasteiger partial charge in [0.25, 0.3) is 0 Å². The van der Waals surface area contributed by atoms with E-state index >= 15 is 0 Å². The molecule has 88 valence electrons. The van der Waals surface area contributed by atoms with Gasteiger partial charge in [-0.3, -0.25) is 0 Å². The van der Waals surface area contributed by atoms with Crippen LogP contribution in [-0.4, -0.2) is 0 Å². The van der Waals surface area contributed by atoms with Crippen LogP contribution < -0.4 is 0 Å². The summed E-state index contributed by atoms with van der Waals surface area (Å²) in [6.07, 6.45) is 10.8. The Morgan fingerprint density at radius 1 is 1.47 bits per heavy atom. The van der Waals surface area contributed by atoms with Gasteiger partial charge in [-0.15, -0.1) is 6.58 Å². The van der Waals surface area contributed by atoms with Gasteiger partial charge in [0.2, 0.25) is 0 Å². The summed E-state index contributed by atoms with van der Waals surface area (Å²) in [5, 5.41) is 0.795. The Labute approximate surface area is 108 Å². The lowest BCUT2D eigenvalue weighted by atomic mass is 9.79. The van der Waals surface area contributed by atoms with Crippen LogP contribution in [0.25, 0.3) is 5.57 Å². The summed E-state index contributed by atoms with van der Waals surface area (Å²) >= 11 is 6.03. The maximum atomic E-state index is 6.03. The molecule has 0 radical (unpaired) electrons. The predicted octanol–water partition coefficient (Wildman–Crippen LogP) is 5.27. The minimum Gasteiger partial charge on any atom is -0.103 e. The summed E-state index contributed by atoms with van der Waals surface area (Å²) in [7, 11) is 0. The quantitative estimate of drug-likeness (QED) is 0.636. The Kier molecular flexibility index (Phi) is 3.54. The number of hydrogen-bond acceptors (Lipinski definition) is 0. The van der Waals surface area contributed by atoms with E-state index in [0.29, 0.717) is 0 Å². The van der Waals surface area contributed by atoms with Gasteiger partial charge in [-0.05, 0) is 36.1 Å². The van der Waals surface area contributed by atoms with Crippen molar-refractivity contribution in [3.8, 4) is 0 Å². The smallest absolute Gasteiger partial charge is 0.0412 e. The number of rotatable bonds is 3. The molecule has 1 heteroatoms. The van der Waals surface area contributed by atoms with Crippen molar-refractivity contribution in [3.05, 3.63) is 65.7 Å². The fraction of sp³-hybridized carbons (Fsp3) is 0.250. The van der Waals surface area contributed by atoms with Crippen LogP contribution in [0.4, 0.5) is 0 Å². The van der Waals surface area contributed by atoms with E-state index in [2.05, 4.69) is 37.8 Å². The van der Waals surface area contributed by atoms with Gasteiger partial charge in [0.1, 0.15) is 0 Å². The van der Waals surface area contributed by atoms with Crippen molar-refractivity contribution in [1.82, 2.24) is 0 Å². The van der Waals surface area contributed by atoms with E-state index in [0.717, 1.165) is 17.9 Å². The molecule has 0 saturated heterocycles. The second kappa shape index (κ2) is 4.93. The molecule has 0 aromatic heterocycles. The first-order valence-corrected chi connectivity index (χ1v) is 6.27. The summed E-state index contributed by atoms with van der Waals surface area (Å²) in [5.74, 6) is 0. The molecule has 0 saturated carbocycles. The van der Waals surface area contributed by atoms with E-state index in [9.17, 15) is 0 Å². The van der Waals surface area contributed by atoms with Crippen molar-refractivity contribution in [2.24, 2.45) is 5.41 Å². The van der Waals surface area contributed by atoms with Gasteiger partial charge < -0.3 is 0 Å². The maximum absolute atomic E-state index is 6.03. The second-order valence-electron chi connectivity index (χ2n) is 4.79. The van der Waals surface area contributed by atoms with Gasteiger partial charge in [0.05, 0.1) is 0 Å². The molecule has 1 aliphatic rings. The molecule has 0 spiro atoms. The Bertz CT molecular complexity index is 482. The monoisotopic (exact) mass is 244 g/mol. The highest BCUT2D eigenvalue weighted by molar-refractivity contribution is 6.30. The second-order valence-corrected chi connectivity index (χ2v) is 5.22. The van der Waals surface area contributed by atoms with E-state index in [1.807, 2.05) is 24.3 Å². The lowest BCUT2D eigenvalue weighted by molar-refractivity contribution is 0.557. The highest BCUT2D eigenvalue weighted by Gasteiger charge is 2.20. The Morgan fingerprint density at radius 2 is 2.29 bits per heavy atom. The fourth-order valence-corrected chi connectivity index (χ4v) is 2.48. The van der Waals surface area contributed by atoms with Gasteiger partial charge >= 0.3 is 0 Å². The first-order valence-electron chi connectivity index (χ1n) is 5.89. The van der Waals surface area contributed by atoms with E-state index in [1.165, 1.54) is 11.1 Å². The number of allylic oxidation sites excluding steroid dienone is 5. The van der Waals surface area contributed by atoms with E-state index in [4.69, 9.17) is 11.6 Å². The molecule has 0 nitrogen and oxygen atoms in total. The summed E-state index contributed by atoms with van der Waals surface area (Å²) in [6, 6.07) is 8.06. The molecule has 0 N–H and O–H groups in total. The van der Waals surface area contributed by atoms with Crippen molar-refractivity contribution in [2.75, 3.05) is 0 Å². The van der Waals surface area contributed by atoms with Crippen molar-refractivity contribution in [2.45, 2.75) is 19.8 Å². The zero-order chi connectivity index (χ0) is 12.3. The molecule has 1 aromatic carbocycles. The minimum absolute atomic E-state index is 0.0949. The zero-order valence-corrected chi connectivity index (χ0v) is 10.9. The lowest BCUT2D eigenvalue weighted by Crippen LogP contribution is -2.11. The Balaban J connectivity index is 2.33. The third kappa shape index (κ3) is 2.89. The molecule has 0 amide bonds. The van der Waals surface area contributed by atoms with Crippen LogP contribution >= 0.6 is 11.6 Å². The van der Waals surface area contributed by atoms with Crippen LogP contribution in [0.5, 0.6) is 0 Å². The number of hydrogen-bond donors (Lipinski definition) is 0. The number of halogens is 1. The fourth-order valence-electron chi connectivity index (χ4n) is 2.29. The topological polar surface area (TPSA) is 0 Å². The first kappa shape index (κ1) is 12.2. The summed E-state index contributed by atoms with van der Waals surface area (Å²) in [6.45, 7) is 6.06. The van der Waals surface area contributed by atoms with Crippen molar-refractivity contribution >= 4 is 17.2 Å². The van der Waals surface area contributed by atoms with Crippen molar-refractivity contribution in [1.29, 1.82) is 0 Å². The molecule has 1 atom stereocenters. The molecular weight excluding hydrogens is 228 g/mol. The third-order valence-electron chi connectivity index (χ3n) is 3.12. The Morgan fingerprint density at radius 3 is 3.00 bits per heavy atom. The van der Waals surface area contributed by atoms with Crippen molar-refractivity contribution in [3.63, 3.8) is 0 Å². The van der Waals surface area contributed by atoms with Crippen LogP contribution in [0.3, 0.4) is 0 Å². The Hall–Kier alpha value is -1.27. The molecule has 1 aromatic rings. The molecule has 0 aliphatic heterocycles. The number of benzene rings is 1. The standard InChI is InChI=1S/C16H17Cl/c1-3-9-16(2)10-5-7-14(12-16)13-6-4-8-15(17)11-13/h3-6,8,10-12H,1,7,9H2,2H3. The van der Waals surface area contributed by atoms with E-state index in [-0.39, 0.29) is 5.41 Å². The normalized spacial score (nSPS) is 23.3. The zero-order valence-electron chi connectivity index (χ0n) is 10.1. The molecule has 2 rings (SSSR count). The molecule has 0 fully saturated rings. The van der Waals surface area contributed by atoms with E-state index < -0.39 is 0 Å². The van der Waals surface area contributed by atoms with Crippen LogP contribution in [0, 0.1) is 5.41 Å². The van der Waals surface area contributed by atoms with Gasteiger partial charge in [-0.1, -0.05) is 55.0 Å². The van der Waals surface area contributed by atoms with Crippen LogP contribution in [0.1, 0.15) is 25.3 Å².